The number of fused-ring (bicyclic) bond motifs is 5. The van der Waals surface area contributed by atoms with E-state index in [-0.39, 0.29) is 41.2 Å². The van der Waals surface area contributed by atoms with Crippen LogP contribution < -0.4 is 4.74 Å². The standard InChI is InChI=1S/C16H14O4/c1-19-12-7-10(17)14-13(15(12)18)9-6-8-4-2-3-5-11(8)20-16(9)14/h2-5,7,9,13-14,16H,6H2,1H3. The minimum Gasteiger partial charge on any atom is -0.493 e. The molecule has 20 heavy (non-hydrogen) atoms. The highest BCUT2D eigenvalue weighted by molar-refractivity contribution is 6.11. The molecule has 2 aliphatic carbocycles. The highest BCUT2D eigenvalue weighted by Crippen LogP contribution is 2.52. The van der Waals surface area contributed by atoms with E-state index < -0.39 is 0 Å². The molecule has 4 rings (SSSR count). The Morgan fingerprint density at radius 1 is 1.20 bits per heavy atom. The third-order valence-electron chi connectivity index (χ3n) is 4.68. The second kappa shape index (κ2) is 3.95. The number of methoxy groups -OCH3 is 1. The zero-order valence-electron chi connectivity index (χ0n) is 11.0. The smallest absolute Gasteiger partial charge is 0.201 e. The van der Waals surface area contributed by atoms with E-state index in [1.165, 1.54) is 13.2 Å². The quantitative estimate of drug-likeness (QED) is 0.776. The summed E-state index contributed by atoms with van der Waals surface area (Å²) in [5, 5.41) is 0. The van der Waals surface area contributed by atoms with Gasteiger partial charge in [-0.1, -0.05) is 18.2 Å². The fourth-order valence-electron chi connectivity index (χ4n) is 3.70. The summed E-state index contributed by atoms with van der Waals surface area (Å²) in [5.41, 5.74) is 1.11. The number of rotatable bonds is 1. The minimum absolute atomic E-state index is 0.0490. The van der Waals surface area contributed by atoms with E-state index in [1.807, 2.05) is 24.3 Å². The van der Waals surface area contributed by atoms with Crippen molar-refractivity contribution in [2.75, 3.05) is 7.11 Å². The fraction of sp³-hybridized carbons (Fsp3) is 0.375. The molecule has 1 heterocycles. The van der Waals surface area contributed by atoms with Crippen molar-refractivity contribution in [2.45, 2.75) is 12.5 Å². The van der Waals surface area contributed by atoms with Gasteiger partial charge in [0, 0.05) is 17.9 Å². The number of carbonyl (C=O) groups excluding carboxylic acids is 2. The van der Waals surface area contributed by atoms with E-state index in [0.717, 1.165) is 17.7 Å². The van der Waals surface area contributed by atoms with Crippen molar-refractivity contribution in [1.82, 2.24) is 0 Å². The number of hydrogen-bond donors (Lipinski definition) is 0. The molecule has 0 spiro atoms. The van der Waals surface area contributed by atoms with Crippen LogP contribution in [0.15, 0.2) is 36.1 Å². The lowest BCUT2D eigenvalue weighted by Crippen LogP contribution is -2.63. The van der Waals surface area contributed by atoms with Gasteiger partial charge in [-0.2, -0.15) is 0 Å². The van der Waals surface area contributed by atoms with Crippen LogP contribution in [0.4, 0.5) is 0 Å². The molecule has 0 saturated heterocycles. The Kier molecular flexibility index (Phi) is 2.31. The Morgan fingerprint density at radius 3 is 2.80 bits per heavy atom. The molecule has 4 atom stereocenters. The molecule has 1 aromatic carbocycles. The predicted molar refractivity (Wildman–Crippen MR) is 70.1 cm³/mol. The number of ether oxygens (including phenoxy) is 2. The van der Waals surface area contributed by atoms with E-state index in [0.29, 0.717) is 0 Å². The van der Waals surface area contributed by atoms with Crippen molar-refractivity contribution < 1.29 is 19.1 Å². The van der Waals surface area contributed by atoms with Crippen LogP contribution in [-0.4, -0.2) is 24.8 Å². The van der Waals surface area contributed by atoms with Crippen LogP contribution in [0.3, 0.4) is 0 Å². The SMILES string of the molecule is COC1=CC(=O)C2C3Oc4ccccc4CC3C2C1=O. The minimum atomic E-state index is -0.334. The number of hydrogen-bond acceptors (Lipinski definition) is 4. The van der Waals surface area contributed by atoms with Gasteiger partial charge >= 0.3 is 0 Å². The van der Waals surface area contributed by atoms with Gasteiger partial charge in [-0.05, 0) is 18.1 Å². The first-order chi connectivity index (χ1) is 9.70. The number of Topliss-reactive ketones (excluding diaryl/α,β-unsaturated/α-hetero) is 1. The average Bonchev–Trinajstić information content (AvgIpc) is 2.45. The third kappa shape index (κ3) is 1.36. The summed E-state index contributed by atoms with van der Waals surface area (Å²) >= 11 is 0. The van der Waals surface area contributed by atoms with Crippen molar-refractivity contribution in [2.24, 2.45) is 17.8 Å². The Labute approximate surface area is 116 Å². The lowest BCUT2D eigenvalue weighted by molar-refractivity contribution is -0.160. The first kappa shape index (κ1) is 11.7. The maximum Gasteiger partial charge on any atom is 0.201 e. The third-order valence-corrected chi connectivity index (χ3v) is 4.68. The van der Waals surface area contributed by atoms with E-state index >= 15 is 0 Å². The molecule has 0 aromatic heterocycles. The molecule has 3 aliphatic rings. The Morgan fingerprint density at radius 2 is 2.00 bits per heavy atom. The zero-order chi connectivity index (χ0) is 13.9. The molecule has 4 heteroatoms. The maximum atomic E-state index is 12.3. The molecule has 0 amide bonds. The molecule has 4 nitrogen and oxygen atoms in total. The Bertz CT molecular complexity index is 646. The molecule has 0 radical (unpaired) electrons. The zero-order valence-corrected chi connectivity index (χ0v) is 11.0. The molecular weight excluding hydrogens is 256 g/mol. The molecule has 1 aromatic rings. The average molecular weight is 270 g/mol. The van der Waals surface area contributed by atoms with Crippen LogP contribution >= 0.6 is 0 Å². The van der Waals surface area contributed by atoms with Gasteiger partial charge in [0.15, 0.2) is 11.5 Å². The van der Waals surface area contributed by atoms with E-state index in [9.17, 15) is 9.59 Å². The Balaban J connectivity index is 1.71. The number of benzene rings is 1. The summed E-state index contributed by atoms with van der Waals surface area (Å²) in [5.74, 6) is 0.404. The van der Waals surface area contributed by atoms with Gasteiger partial charge in [0.25, 0.3) is 0 Å². The van der Waals surface area contributed by atoms with Gasteiger partial charge in [-0.15, -0.1) is 0 Å². The monoisotopic (exact) mass is 270 g/mol. The molecule has 4 unspecified atom stereocenters. The topological polar surface area (TPSA) is 52.6 Å². The summed E-state index contributed by atoms with van der Waals surface area (Å²) in [7, 11) is 1.43. The van der Waals surface area contributed by atoms with Crippen LogP contribution in [0, 0.1) is 17.8 Å². The summed E-state index contributed by atoms with van der Waals surface area (Å²) in [6.07, 6.45) is 1.95. The van der Waals surface area contributed by atoms with Crippen LogP contribution in [-0.2, 0) is 20.7 Å². The summed E-state index contributed by atoms with van der Waals surface area (Å²) in [6.45, 7) is 0. The normalized spacial score (nSPS) is 34.0. The molecular formula is C16H14O4. The molecule has 102 valence electrons. The van der Waals surface area contributed by atoms with Gasteiger partial charge < -0.3 is 9.47 Å². The van der Waals surface area contributed by atoms with E-state index in [4.69, 9.17) is 9.47 Å². The van der Waals surface area contributed by atoms with Crippen LogP contribution in [0.25, 0.3) is 0 Å². The van der Waals surface area contributed by atoms with Crippen molar-refractivity contribution in [3.8, 4) is 5.75 Å². The van der Waals surface area contributed by atoms with Gasteiger partial charge in [-0.3, -0.25) is 9.59 Å². The predicted octanol–water partition coefficient (Wildman–Crippen LogP) is 1.53. The van der Waals surface area contributed by atoms with Gasteiger partial charge in [0.05, 0.1) is 13.0 Å². The molecule has 1 fully saturated rings. The number of para-hydroxylation sites is 1. The van der Waals surface area contributed by atoms with Crippen molar-refractivity contribution in [3.05, 3.63) is 41.7 Å². The van der Waals surface area contributed by atoms with Crippen LogP contribution in [0.2, 0.25) is 0 Å². The maximum absolute atomic E-state index is 12.3. The van der Waals surface area contributed by atoms with E-state index in [1.54, 1.807) is 0 Å². The van der Waals surface area contributed by atoms with E-state index in [2.05, 4.69) is 0 Å². The van der Waals surface area contributed by atoms with Crippen molar-refractivity contribution >= 4 is 11.6 Å². The lowest BCUT2D eigenvalue weighted by atomic mass is 9.54. The first-order valence-electron chi connectivity index (χ1n) is 6.79. The second-order valence-corrected chi connectivity index (χ2v) is 5.59. The van der Waals surface area contributed by atoms with Gasteiger partial charge in [-0.25, -0.2) is 0 Å². The highest BCUT2D eigenvalue weighted by atomic mass is 16.5. The molecule has 0 bridgehead atoms. The first-order valence-corrected chi connectivity index (χ1v) is 6.79. The van der Waals surface area contributed by atoms with Crippen LogP contribution in [0.5, 0.6) is 5.75 Å². The Hall–Kier alpha value is -2.10. The second-order valence-electron chi connectivity index (χ2n) is 5.59. The highest BCUT2D eigenvalue weighted by Gasteiger charge is 2.61. The number of carbonyl (C=O) groups is 2. The summed E-state index contributed by atoms with van der Waals surface area (Å²) < 4.78 is 11.0. The fourth-order valence-corrected chi connectivity index (χ4v) is 3.70. The van der Waals surface area contributed by atoms with Crippen molar-refractivity contribution in [3.63, 3.8) is 0 Å². The lowest BCUT2D eigenvalue weighted by Gasteiger charge is -2.53. The van der Waals surface area contributed by atoms with Gasteiger partial charge in [0.2, 0.25) is 5.78 Å². The van der Waals surface area contributed by atoms with Crippen molar-refractivity contribution in [1.29, 1.82) is 0 Å². The molecule has 0 N–H and O–H groups in total. The summed E-state index contributed by atoms with van der Waals surface area (Å²) in [4.78, 5) is 24.5. The van der Waals surface area contributed by atoms with Gasteiger partial charge in [0.1, 0.15) is 11.9 Å². The summed E-state index contributed by atoms with van der Waals surface area (Å²) in [6, 6.07) is 7.82. The molecule has 1 saturated carbocycles. The molecule has 1 aliphatic heterocycles. The number of ketones is 2. The number of allylic oxidation sites excluding steroid dienone is 2. The van der Waals surface area contributed by atoms with Crippen LogP contribution in [0.1, 0.15) is 5.56 Å². The largest absolute Gasteiger partial charge is 0.493 e.